The lowest BCUT2D eigenvalue weighted by Crippen LogP contribution is -2.56. The average molecular weight is 901 g/mol. The minimum atomic E-state index is -0.899. The van der Waals surface area contributed by atoms with Crippen LogP contribution in [-0.4, -0.2) is 109 Å². The standard InChI is InChI=1S/C52H68N8O6/c1-33(53-3)47(61)57-43(51(65)59-30-12-24-45(59)49(63)55-41-21-10-17-37-15-5-7-19-39(37)41)23-9-14-35-26-28-36(29-27-35)32-44(58-48(62)34(2)54-4)52(66)60-31-13-25-46(60)50(64)56-42-22-11-18-38-16-6-8-20-40(38)42/h5-9,14-16,19-20,26-29,33-34,41-46,53-54H,10-13,17-18,21-25,30-32H2,1-4H3,(H,55,63)(H,56,64)(H,57,61)(H,58,62)/t33-,34-,41+,42+,43-,44-,45-,46-/m0/s1. The van der Waals surface area contributed by atoms with Gasteiger partial charge in [-0.3, -0.25) is 28.8 Å². The number of nitrogens with one attached hydrogen (secondary N) is 6. The highest BCUT2D eigenvalue weighted by Crippen LogP contribution is 2.32. The van der Waals surface area contributed by atoms with Gasteiger partial charge in [0.05, 0.1) is 24.2 Å². The number of amides is 6. The van der Waals surface area contributed by atoms with Crippen LogP contribution in [0.15, 0.2) is 78.9 Å². The van der Waals surface area contributed by atoms with Crippen molar-refractivity contribution in [1.29, 1.82) is 0 Å². The Morgan fingerprint density at radius 2 is 1.08 bits per heavy atom. The average Bonchev–Trinajstić information content (AvgIpc) is 4.05. The van der Waals surface area contributed by atoms with Crippen LogP contribution in [0.4, 0.5) is 0 Å². The topological polar surface area (TPSA) is 181 Å². The van der Waals surface area contributed by atoms with Gasteiger partial charge in [0.2, 0.25) is 35.4 Å². The van der Waals surface area contributed by atoms with Gasteiger partial charge in [0.25, 0.3) is 0 Å². The van der Waals surface area contributed by atoms with Crippen LogP contribution in [0.5, 0.6) is 0 Å². The molecule has 0 bridgehead atoms. The maximum atomic E-state index is 14.4. The minimum absolute atomic E-state index is 0.102. The Hall–Kier alpha value is -5.86. The van der Waals surface area contributed by atoms with Gasteiger partial charge in [-0.15, -0.1) is 0 Å². The number of hydrogen-bond acceptors (Lipinski definition) is 8. The molecule has 8 atom stereocenters. The third-order valence-electron chi connectivity index (χ3n) is 14.0. The zero-order chi connectivity index (χ0) is 46.7. The Morgan fingerprint density at radius 1 is 0.606 bits per heavy atom. The van der Waals surface area contributed by atoms with Crippen molar-refractivity contribution >= 4 is 41.5 Å². The Kier molecular flexibility index (Phi) is 16.4. The highest BCUT2D eigenvalue weighted by molar-refractivity contribution is 5.95. The lowest BCUT2D eigenvalue weighted by molar-refractivity contribution is -0.141. The Morgan fingerprint density at radius 3 is 1.58 bits per heavy atom. The van der Waals surface area contributed by atoms with Crippen molar-refractivity contribution in [3.8, 4) is 0 Å². The van der Waals surface area contributed by atoms with E-state index in [4.69, 9.17) is 0 Å². The van der Waals surface area contributed by atoms with Gasteiger partial charge in [0, 0.05) is 19.5 Å². The Balaban J connectivity index is 1.01. The van der Waals surface area contributed by atoms with E-state index in [2.05, 4.69) is 56.2 Å². The number of fused-ring (bicyclic) bond motifs is 2. The molecule has 14 nitrogen and oxygen atoms in total. The zero-order valence-corrected chi connectivity index (χ0v) is 38.9. The van der Waals surface area contributed by atoms with Crippen molar-refractivity contribution in [3.05, 3.63) is 112 Å². The summed E-state index contributed by atoms with van der Waals surface area (Å²) in [5, 5.41) is 18.3. The summed E-state index contributed by atoms with van der Waals surface area (Å²) < 4.78 is 0. The molecule has 3 aromatic carbocycles. The number of carbonyl (C=O) groups is 6. The summed E-state index contributed by atoms with van der Waals surface area (Å²) in [5.41, 5.74) is 6.41. The Labute approximate surface area is 389 Å². The molecule has 66 heavy (non-hydrogen) atoms. The Bertz CT molecular complexity index is 2250. The van der Waals surface area contributed by atoms with Crippen LogP contribution in [0.1, 0.15) is 117 Å². The summed E-state index contributed by atoms with van der Waals surface area (Å²) in [5.74, 6) is -1.55. The summed E-state index contributed by atoms with van der Waals surface area (Å²) in [7, 11) is 3.37. The molecule has 2 saturated heterocycles. The van der Waals surface area contributed by atoms with Gasteiger partial charge < -0.3 is 41.7 Å². The van der Waals surface area contributed by atoms with Gasteiger partial charge >= 0.3 is 0 Å². The van der Waals surface area contributed by atoms with E-state index in [1.165, 1.54) is 11.1 Å². The number of nitrogens with zero attached hydrogens (tertiary/aromatic N) is 2. The van der Waals surface area contributed by atoms with E-state index in [1.54, 1.807) is 37.7 Å². The summed E-state index contributed by atoms with van der Waals surface area (Å²) in [6.07, 6.45) is 12.2. The molecule has 0 radical (unpaired) electrons. The van der Waals surface area contributed by atoms with Crippen LogP contribution < -0.4 is 31.9 Å². The van der Waals surface area contributed by atoms with Crippen molar-refractivity contribution < 1.29 is 28.8 Å². The normalized spacial score (nSPS) is 22.1. The fourth-order valence-electron chi connectivity index (χ4n) is 9.97. The SMILES string of the molecule is CN[C@@H](C)C(=O)N[C@@H](CC=Cc1ccc(C[C@H](NC(=O)[C@H](C)NC)C(=O)N2CCC[C@H]2C(=O)N[C@@H]2CCCc3ccccc32)cc1)C(=O)N1CCC[C@H]1C(=O)N[C@@H]1CCCc2ccccc21. The molecule has 7 rings (SSSR count). The molecule has 0 spiro atoms. The molecule has 0 saturated carbocycles. The first-order chi connectivity index (χ1) is 31.9. The van der Waals surface area contributed by atoms with E-state index < -0.39 is 36.3 Å². The molecule has 2 heterocycles. The molecule has 6 amide bonds. The summed E-state index contributed by atoms with van der Waals surface area (Å²) in [4.78, 5) is 85.9. The van der Waals surface area contributed by atoms with Crippen molar-refractivity contribution in [1.82, 2.24) is 41.7 Å². The van der Waals surface area contributed by atoms with Crippen molar-refractivity contribution in [2.24, 2.45) is 0 Å². The number of rotatable bonds is 17. The van der Waals surface area contributed by atoms with Crippen LogP contribution in [0, 0.1) is 0 Å². The number of hydrogen-bond donors (Lipinski definition) is 6. The van der Waals surface area contributed by atoms with E-state index in [0.29, 0.717) is 38.8 Å². The second kappa shape index (κ2) is 22.6. The van der Waals surface area contributed by atoms with Crippen LogP contribution in [0.3, 0.4) is 0 Å². The van der Waals surface area contributed by atoms with E-state index in [0.717, 1.165) is 60.8 Å². The van der Waals surface area contributed by atoms with Crippen LogP contribution in [-0.2, 0) is 48.0 Å². The van der Waals surface area contributed by atoms with Gasteiger partial charge in [-0.25, -0.2) is 0 Å². The fourth-order valence-corrected chi connectivity index (χ4v) is 9.97. The predicted octanol–water partition coefficient (Wildman–Crippen LogP) is 4.19. The summed E-state index contributed by atoms with van der Waals surface area (Å²) in [6, 6.07) is 19.7. The van der Waals surface area contributed by atoms with E-state index in [1.807, 2.05) is 60.7 Å². The van der Waals surface area contributed by atoms with Gasteiger partial charge in [-0.2, -0.15) is 0 Å². The number of aryl methyl sites for hydroxylation is 2. The first-order valence-electron chi connectivity index (χ1n) is 24.0. The largest absolute Gasteiger partial charge is 0.347 e. The maximum Gasteiger partial charge on any atom is 0.246 e. The zero-order valence-electron chi connectivity index (χ0n) is 38.9. The summed E-state index contributed by atoms with van der Waals surface area (Å²) in [6.45, 7) is 4.31. The fraction of sp³-hybridized carbons (Fsp3) is 0.500. The number of likely N-dealkylation sites (N-methyl/N-ethyl adjacent to an activating group) is 2. The molecular weight excluding hydrogens is 833 g/mol. The van der Waals surface area contributed by atoms with Crippen LogP contribution in [0.2, 0.25) is 0 Å². The number of likely N-dealkylation sites (tertiary alicyclic amines) is 2. The molecule has 352 valence electrons. The molecule has 0 aromatic heterocycles. The van der Waals surface area contributed by atoms with Crippen molar-refractivity contribution in [2.75, 3.05) is 27.2 Å². The van der Waals surface area contributed by atoms with Crippen molar-refractivity contribution in [3.63, 3.8) is 0 Å². The minimum Gasteiger partial charge on any atom is -0.347 e. The third kappa shape index (κ3) is 11.6. The second-order valence-electron chi connectivity index (χ2n) is 18.4. The summed E-state index contributed by atoms with van der Waals surface area (Å²) >= 11 is 0. The molecule has 0 unspecified atom stereocenters. The van der Waals surface area contributed by atoms with Gasteiger partial charge in [-0.05, 0) is 132 Å². The lowest BCUT2D eigenvalue weighted by Gasteiger charge is -2.32. The van der Waals surface area contributed by atoms with Crippen LogP contribution in [0.25, 0.3) is 6.08 Å². The molecule has 2 aliphatic carbocycles. The van der Waals surface area contributed by atoms with Gasteiger partial charge in [0.1, 0.15) is 24.2 Å². The van der Waals surface area contributed by atoms with Gasteiger partial charge in [0.15, 0.2) is 0 Å². The van der Waals surface area contributed by atoms with Gasteiger partial charge in [-0.1, -0.05) is 84.9 Å². The monoisotopic (exact) mass is 901 g/mol. The lowest BCUT2D eigenvalue weighted by atomic mass is 9.87. The highest BCUT2D eigenvalue weighted by Gasteiger charge is 2.40. The van der Waals surface area contributed by atoms with Crippen LogP contribution >= 0.6 is 0 Å². The van der Waals surface area contributed by atoms with E-state index >= 15 is 0 Å². The molecule has 2 fully saturated rings. The first-order valence-corrected chi connectivity index (χ1v) is 24.0. The number of carbonyl (C=O) groups excluding carboxylic acids is 6. The predicted molar refractivity (Wildman–Crippen MR) is 255 cm³/mol. The second-order valence-corrected chi connectivity index (χ2v) is 18.4. The number of benzene rings is 3. The molecule has 3 aromatic rings. The first kappa shape index (κ1) is 48.1. The van der Waals surface area contributed by atoms with Crippen molar-refractivity contribution in [2.45, 2.75) is 139 Å². The third-order valence-corrected chi connectivity index (χ3v) is 14.0. The van der Waals surface area contributed by atoms with E-state index in [9.17, 15) is 28.8 Å². The highest BCUT2D eigenvalue weighted by atomic mass is 16.2. The molecule has 2 aliphatic heterocycles. The maximum absolute atomic E-state index is 14.4. The van der Waals surface area contributed by atoms with E-state index in [-0.39, 0.29) is 60.4 Å². The molecule has 4 aliphatic rings. The molecule has 14 heteroatoms. The smallest absolute Gasteiger partial charge is 0.246 e. The quantitative estimate of drug-likeness (QED) is 0.117. The molecular formula is C52H68N8O6. The molecule has 6 N–H and O–H groups in total.